The Morgan fingerprint density at radius 2 is 1.96 bits per heavy atom. The molecule has 2 aromatic heterocycles. The number of hydrogen-bond donors (Lipinski definition) is 2. The summed E-state index contributed by atoms with van der Waals surface area (Å²) in [6, 6.07) is 1.67. The molecule has 2 heterocycles. The van der Waals surface area contributed by atoms with Crippen LogP contribution in [0.5, 0.6) is 0 Å². The third-order valence-electron chi connectivity index (χ3n) is 5.32. The molecule has 0 atom stereocenters. The van der Waals surface area contributed by atoms with Crippen LogP contribution in [0, 0.1) is 6.92 Å². The number of hydrogen-bond acceptors (Lipinski definition) is 6. The van der Waals surface area contributed by atoms with Gasteiger partial charge in [-0.05, 0) is 26.8 Å². The molecule has 2 N–H and O–H groups in total. The molecule has 0 spiro atoms. The van der Waals surface area contributed by atoms with Crippen molar-refractivity contribution in [1.29, 1.82) is 0 Å². The minimum Gasteiger partial charge on any atom is -0.395 e. The lowest BCUT2D eigenvalue weighted by molar-refractivity contribution is -0.144. The molecule has 0 saturated heterocycles. The molecule has 0 bridgehead atoms. The van der Waals surface area contributed by atoms with Gasteiger partial charge in [0.1, 0.15) is 5.82 Å². The van der Waals surface area contributed by atoms with Crippen molar-refractivity contribution < 1.29 is 18.3 Å². The number of likely N-dealkylation sites (N-methyl/N-ethyl adjacent to an activating group) is 1. The van der Waals surface area contributed by atoms with Crippen LogP contribution >= 0.6 is 0 Å². The van der Waals surface area contributed by atoms with Crippen LogP contribution in [-0.2, 0) is 6.18 Å². The molecule has 2 aromatic rings. The zero-order chi connectivity index (χ0) is 19.7. The minimum atomic E-state index is -4.62. The maximum absolute atomic E-state index is 13.0. The smallest absolute Gasteiger partial charge is 0.395 e. The van der Waals surface area contributed by atoms with Crippen LogP contribution in [0.25, 0.3) is 5.78 Å². The summed E-state index contributed by atoms with van der Waals surface area (Å²) < 4.78 is 40.0. The summed E-state index contributed by atoms with van der Waals surface area (Å²) in [5.74, 6) is -0.845. The van der Waals surface area contributed by atoms with Gasteiger partial charge in [-0.1, -0.05) is 19.3 Å². The maximum Gasteiger partial charge on any atom is 0.453 e. The van der Waals surface area contributed by atoms with Gasteiger partial charge in [-0.25, -0.2) is 4.98 Å². The van der Waals surface area contributed by atoms with E-state index in [1.807, 2.05) is 7.05 Å². The van der Waals surface area contributed by atoms with Crippen LogP contribution in [0.15, 0.2) is 6.07 Å². The zero-order valence-electron chi connectivity index (χ0n) is 15.6. The van der Waals surface area contributed by atoms with E-state index in [9.17, 15) is 18.3 Å². The van der Waals surface area contributed by atoms with Crippen molar-refractivity contribution in [1.82, 2.24) is 24.5 Å². The first-order valence-electron chi connectivity index (χ1n) is 9.13. The highest BCUT2D eigenvalue weighted by Gasteiger charge is 2.38. The second-order valence-electron chi connectivity index (χ2n) is 7.21. The van der Waals surface area contributed by atoms with Crippen molar-refractivity contribution in [2.24, 2.45) is 0 Å². The third kappa shape index (κ3) is 4.16. The average molecular weight is 386 g/mol. The van der Waals surface area contributed by atoms with Crippen molar-refractivity contribution in [2.45, 2.75) is 50.7 Å². The number of nitrogens with one attached hydrogen (secondary N) is 1. The molecule has 0 radical (unpaired) electrons. The van der Waals surface area contributed by atoms with E-state index in [-0.39, 0.29) is 17.9 Å². The predicted molar refractivity (Wildman–Crippen MR) is 94.5 cm³/mol. The highest BCUT2D eigenvalue weighted by molar-refractivity contribution is 5.45. The number of aliphatic hydroxyl groups is 1. The van der Waals surface area contributed by atoms with Crippen molar-refractivity contribution in [2.75, 3.05) is 32.1 Å². The monoisotopic (exact) mass is 386 g/mol. The van der Waals surface area contributed by atoms with Crippen LogP contribution in [0.1, 0.15) is 43.6 Å². The summed E-state index contributed by atoms with van der Waals surface area (Å²) in [5.41, 5.74) is 0.408. The highest BCUT2D eigenvalue weighted by atomic mass is 19.4. The van der Waals surface area contributed by atoms with Crippen LogP contribution in [0.3, 0.4) is 0 Å². The first-order valence-corrected chi connectivity index (χ1v) is 9.13. The molecule has 0 unspecified atom stereocenters. The lowest BCUT2D eigenvalue weighted by Gasteiger charge is -2.45. The fourth-order valence-corrected chi connectivity index (χ4v) is 3.78. The van der Waals surface area contributed by atoms with E-state index in [2.05, 4.69) is 25.3 Å². The number of rotatable bonds is 6. The Morgan fingerprint density at radius 3 is 2.59 bits per heavy atom. The van der Waals surface area contributed by atoms with Gasteiger partial charge in [0.2, 0.25) is 0 Å². The van der Waals surface area contributed by atoms with E-state index in [0.29, 0.717) is 24.6 Å². The summed E-state index contributed by atoms with van der Waals surface area (Å²) in [7, 11) is 1.98. The zero-order valence-corrected chi connectivity index (χ0v) is 15.6. The third-order valence-corrected chi connectivity index (χ3v) is 5.32. The number of nitrogens with zero attached hydrogens (tertiary/aromatic N) is 5. The molecule has 27 heavy (non-hydrogen) atoms. The van der Waals surface area contributed by atoms with Gasteiger partial charge in [0, 0.05) is 30.4 Å². The van der Waals surface area contributed by atoms with E-state index < -0.39 is 12.0 Å². The highest BCUT2D eigenvalue weighted by Crippen LogP contribution is 2.33. The van der Waals surface area contributed by atoms with Crippen molar-refractivity contribution in [3.8, 4) is 0 Å². The topological polar surface area (TPSA) is 78.6 Å². The number of aryl methyl sites for hydroxylation is 1. The van der Waals surface area contributed by atoms with Crippen LogP contribution in [0.2, 0.25) is 0 Å². The number of fused-ring (bicyclic) bond motifs is 1. The molecular weight excluding hydrogens is 361 g/mol. The standard InChI is InChI=1S/C17H25F3N6O/c1-12-10-13(26-15(22-12)23-14(24-26)17(18,19)20)21-11-16(25(2)8-9-27)6-4-3-5-7-16/h10,21,27H,3-9,11H2,1-2H3. The lowest BCUT2D eigenvalue weighted by Crippen LogP contribution is -2.53. The summed E-state index contributed by atoms with van der Waals surface area (Å²) >= 11 is 0. The SMILES string of the molecule is Cc1cc(NCC2(N(C)CCO)CCCCC2)n2nc(C(F)(F)F)nc2n1. The molecule has 1 fully saturated rings. The quantitative estimate of drug-likeness (QED) is 0.794. The molecule has 0 aliphatic heterocycles. The number of alkyl halides is 3. The van der Waals surface area contributed by atoms with Crippen molar-refractivity contribution >= 4 is 11.6 Å². The fraction of sp³-hybridized carbons (Fsp3) is 0.706. The summed E-state index contributed by atoms with van der Waals surface area (Å²) in [6.45, 7) is 2.87. The summed E-state index contributed by atoms with van der Waals surface area (Å²) in [6.07, 6.45) is 0.660. The minimum absolute atomic E-state index is 0.0644. The van der Waals surface area contributed by atoms with Crippen molar-refractivity contribution in [3.05, 3.63) is 17.6 Å². The first-order chi connectivity index (χ1) is 12.7. The lowest BCUT2D eigenvalue weighted by atomic mass is 9.80. The first kappa shape index (κ1) is 19.8. The number of aromatic nitrogens is 4. The van der Waals surface area contributed by atoms with Crippen LogP contribution in [0.4, 0.5) is 19.0 Å². The van der Waals surface area contributed by atoms with E-state index in [1.165, 1.54) is 6.42 Å². The molecule has 3 rings (SSSR count). The second kappa shape index (κ2) is 7.59. The number of aliphatic hydroxyl groups excluding tert-OH is 1. The van der Waals surface area contributed by atoms with Gasteiger partial charge >= 0.3 is 6.18 Å². The van der Waals surface area contributed by atoms with Gasteiger partial charge in [-0.3, -0.25) is 4.90 Å². The van der Waals surface area contributed by atoms with Crippen LogP contribution < -0.4 is 5.32 Å². The Bertz CT molecular complexity index is 785. The Labute approximate surface area is 155 Å². The molecule has 0 aromatic carbocycles. The van der Waals surface area contributed by atoms with E-state index in [1.54, 1.807) is 13.0 Å². The van der Waals surface area contributed by atoms with Gasteiger partial charge in [-0.15, -0.1) is 5.10 Å². The van der Waals surface area contributed by atoms with Crippen molar-refractivity contribution in [3.63, 3.8) is 0 Å². The Balaban J connectivity index is 1.89. The van der Waals surface area contributed by atoms with E-state index >= 15 is 0 Å². The van der Waals surface area contributed by atoms with Gasteiger partial charge in [-0.2, -0.15) is 22.7 Å². The Hall–Kier alpha value is -1.94. The van der Waals surface area contributed by atoms with Gasteiger partial charge in [0.05, 0.1) is 6.61 Å². The van der Waals surface area contributed by atoms with Gasteiger partial charge in [0.15, 0.2) is 0 Å². The van der Waals surface area contributed by atoms with Crippen LogP contribution in [-0.4, -0.2) is 61.9 Å². The molecule has 1 saturated carbocycles. The molecule has 150 valence electrons. The number of anilines is 1. The Kier molecular flexibility index (Phi) is 5.57. The number of halogens is 3. The fourth-order valence-electron chi connectivity index (χ4n) is 3.78. The predicted octanol–water partition coefficient (Wildman–Crippen LogP) is 2.49. The van der Waals surface area contributed by atoms with E-state index in [0.717, 1.165) is 30.2 Å². The molecule has 1 aliphatic rings. The maximum atomic E-state index is 13.0. The molecular formula is C17H25F3N6O. The average Bonchev–Trinajstić information content (AvgIpc) is 3.05. The summed E-state index contributed by atoms with van der Waals surface area (Å²) in [5, 5.41) is 16.2. The molecule has 1 aliphatic carbocycles. The largest absolute Gasteiger partial charge is 0.453 e. The molecule has 0 amide bonds. The van der Waals surface area contributed by atoms with E-state index in [4.69, 9.17) is 0 Å². The van der Waals surface area contributed by atoms with Gasteiger partial charge < -0.3 is 10.4 Å². The molecule has 7 nitrogen and oxygen atoms in total. The number of β-amino-alcohol motifs (C(OH)–C–C–N with tert-alkyl or cyclic N) is 1. The second-order valence-corrected chi connectivity index (χ2v) is 7.21. The molecule has 10 heteroatoms. The summed E-state index contributed by atoms with van der Waals surface area (Å²) in [4.78, 5) is 9.71. The van der Waals surface area contributed by atoms with Gasteiger partial charge in [0.25, 0.3) is 11.6 Å². The Morgan fingerprint density at radius 1 is 1.26 bits per heavy atom. The normalized spacial score (nSPS) is 17.6.